The van der Waals surface area contributed by atoms with Gasteiger partial charge in [0.05, 0.1) is 0 Å². The highest BCUT2D eigenvalue weighted by Gasteiger charge is 2.25. The van der Waals surface area contributed by atoms with Crippen molar-refractivity contribution in [1.29, 1.82) is 0 Å². The van der Waals surface area contributed by atoms with Crippen molar-refractivity contribution in [3.63, 3.8) is 0 Å². The quantitative estimate of drug-likeness (QED) is 0.702. The maximum atomic E-state index is 8.80. The summed E-state index contributed by atoms with van der Waals surface area (Å²) in [5.41, 5.74) is 5.33. The lowest BCUT2D eigenvalue weighted by Crippen LogP contribution is -2.20. The average Bonchev–Trinajstić information content (AvgIpc) is 2.74. The van der Waals surface area contributed by atoms with E-state index < -0.39 is 0 Å². The SMILES string of the molecule is Nc1nnc(N2CCC(CCO)C2)o1. The normalized spacial score (nSPS) is 21.8. The first-order valence-electron chi connectivity index (χ1n) is 4.74. The highest BCUT2D eigenvalue weighted by molar-refractivity contribution is 5.29. The summed E-state index contributed by atoms with van der Waals surface area (Å²) in [5.74, 6) is 0.521. The Morgan fingerprint density at radius 3 is 3.07 bits per heavy atom. The first kappa shape index (κ1) is 9.26. The Bertz CT molecular complexity index is 301. The lowest BCUT2D eigenvalue weighted by molar-refractivity contribution is 0.263. The molecule has 0 aromatic carbocycles. The van der Waals surface area contributed by atoms with E-state index in [1.165, 1.54) is 0 Å². The van der Waals surface area contributed by atoms with E-state index in [2.05, 4.69) is 10.2 Å². The molecule has 0 radical (unpaired) electrons. The van der Waals surface area contributed by atoms with Gasteiger partial charge in [-0.3, -0.25) is 0 Å². The molecule has 1 aromatic rings. The van der Waals surface area contributed by atoms with Gasteiger partial charge in [0.2, 0.25) is 0 Å². The van der Waals surface area contributed by atoms with Crippen LogP contribution < -0.4 is 10.6 Å². The minimum Gasteiger partial charge on any atom is -0.396 e. The van der Waals surface area contributed by atoms with E-state index in [0.29, 0.717) is 11.9 Å². The van der Waals surface area contributed by atoms with E-state index in [9.17, 15) is 0 Å². The molecule has 0 amide bonds. The highest BCUT2D eigenvalue weighted by Crippen LogP contribution is 2.24. The van der Waals surface area contributed by atoms with Gasteiger partial charge in [-0.05, 0) is 18.8 Å². The average molecular weight is 198 g/mol. The molecule has 14 heavy (non-hydrogen) atoms. The van der Waals surface area contributed by atoms with Gasteiger partial charge >= 0.3 is 12.0 Å². The fraction of sp³-hybridized carbons (Fsp3) is 0.750. The Hall–Kier alpha value is -1.30. The second-order valence-electron chi connectivity index (χ2n) is 3.54. The number of aliphatic hydroxyl groups excluding tert-OH is 1. The molecule has 1 fully saturated rings. The van der Waals surface area contributed by atoms with Crippen molar-refractivity contribution in [1.82, 2.24) is 10.2 Å². The zero-order valence-electron chi connectivity index (χ0n) is 7.89. The molecule has 2 heterocycles. The van der Waals surface area contributed by atoms with Crippen molar-refractivity contribution >= 4 is 12.0 Å². The van der Waals surface area contributed by atoms with Gasteiger partial charge in [0.15, 0.2) is 0 Å². The topological polar surface area (TPSA) is 88.4 Å². The third kappa shape index (κ3) is 1.79. The highest BCUT2D eigenvalue weighted by atomic mass is 16.4. The summed E-state index contributed by atoms with van der Waals surface area (Å²) in [6.07, 6.45) is 1.89. The van der Waals surface area contributed by atoms with E-state index in [1.54, 1.807) is 0 Å². The molecule has 2 rings (SSSR count). The van der Waals surface area contributed by atoms with Crippen LogP contribution in [0.15, 0.2) is 4.42 Å². The molecular weight excluding hydrogens is 184 g/mol. The number of nitrogens with two attached hydrogens (primary N) is 1. The lowest BCUT2D eigenvalue weighted by Gasteiger charge is -2.11. The van der Waals surface area contributed by atoms with Gasteiger partial charge in [-0.15, -0.1) is 0 Å². The van der Waals surface area contributed by atoms with E-state index in [1.807, 2.05) is 4.90 Å². The summed E-state index contributed by atoms with van der Waals surface area (Å²) >= 11 is 0. The summed E-state index contributed by atoms with van der Waals surface area (Å²) in [6, 6.07) is 0.591. The second-order valence-corrected chi connectivity index (χ2v) is 3.54. The van der Waals surface area contributed by atoms with Gasteiger partial charge in [0.25, 0.3) is 0 Å². The fourth-order valence-corrected chi connectivity index (χ4v) is 1.78. The van der Waals surface area contributed by atoms with Crippen LogP contribution in [0.1, 0.15) is 12.8 Å². The van der Waals surface area contributed by atoms with Crippen LogP contribution in [-0.4, -0.2) is 35.0 Å². The van der Waals surface area contributed by atoms with Gasteiger partial charge in [-0.2, -0.15) is 0 Å². The van der Waals surface area contributed by atoms with Gasteiger partial charge in [-0.1, -0.05) is 10.2 Å². The van der Waals surface area contributed by atoms with Crippen LogP contribution in [0.25, 0.3) is 0 Å². The zero-order chi connectivity index (χ0) is 9.97. The molecule has 0 aliphatic carbocycles. The molecule has 1 aliphatic heterocycles. The van der Waals surface area contributed by atoms with Crippen LogP contribution in [0, 0.1) is 5.92 Å². The second kappa shape index (κ2) is 3.83. The van der Waals surface area contributed by atoms with Gasteiger partial charge in [0, 0.05) is 19.7 Å². The summed E-state index contributed by atoms with van der Waals surface area (Å²) < 4.78 is 5.11. The molecule has 78 valence electrons. The summed E-state index contributed by atoms with van der Waals surface area (Å²) in [5, 5.41) is 16.2. The van der Waals surface area contributed by atoms with Crippen molar-refractivity contribution < 1.29 is 9.52 Å². The Labute approximate surface area is 81.7 Å². The molecule has 0 spiro atoms. The maximum absolute atomic E-state index is 8.80. The number of hydrogen-bond donors (Lipinski definition) is 2. The number of hydrogen-bond acceptors (Lipinski definition) is 6. The van der Waals surface area contributed by atoms with Crippen molar-refractivity contribution in [3.8, 4) is 0 Å². The van der Waals surface area contributed by atoms with Crippen molar-refractivity contribution in [2.45, 2.75) is 12.8 Å². The number of aromatic nitrogens is 2. The molecular formula is C8H14N4O2. The van der Waals surface area contributed by atoms with Crippen molar-refractivity contribution in [2.24, 2.45) is 5.92 Å². The molecule has 1 saturated heterocycles. The smallest absolute Gasteiger partial charge is 0.319 e. The standard InChI is InChI=1S/C8H14N4O2/c9-7-10-11-8(14-7)12-3-1-6(5-12)2-4-13/h6,13H,1-5H2,(H2,9,10). The van der Waals surface area contributed by atoms with E-state index >= 15 is 0 Å². The largest absolute Gasteiger partial charge is 0.396 e. The predicted octanol–water partition coefficient (Wildman–Crippen LogP) is -0.140. The minimum atomic E-state index is 0.102. The fourth-order valence-electron chi connectivity index (χ4n) is 1.78. The van der Waals surface area contributed by atoms with Crippen LogP contribution in [0.5, 0.6) is 0 Å². The number of nitrogen functional groups attached to an aromatic ring is 1. The van der Waals surface area contributed by atoms with Crippen LogP contribution in [0.3, 0.4) is 0 Å². The van der Waals surface area contributed by atoms with Crippen molar-refractivity contribution in [3.05, 3.63) is 0 Å². The summed E-state index contributed by atoms with van der Waals surface area (Å²) in [4.78, 5) is 2.00. The zero-order valence-corrected chi connectivity index (χ0v) is 7.89. The van der Waals surface area contributed by atoms with Gasteiger partial charge in [-0.25, -0.2) is 0 Å². The van der Waals surface area contributed by atoms with E-state index in [4.69, 9.17) is 15.3 Å². The molecule has 3 N–H and O–H groups in total. The van der Waals surface area contributed by atoms with E-state index in [0.717, 1.165) is 25.9 Å². The van der Waals surface area contributed by atoms with Crippen LogP contribution in [0.2, 0.25) is 0 Å². The first-order valence-corrected chi connectivity index (χ1v) is 4.74. The molecule has 0 saturated carbocycles. The Balaban J connectivity index is 1.95. The monoisotopic (exact) mass is 198 g/mol. The first-order chi connectivity index (χ1) is 6.79. The van der Waals surface area contributed by atoms with Crippen molar-refractivity contribution in [2.75, 3.05) is 30.3 Å². The van der Waals surface area contributed by atoms with Crippen LogP contribution in [0.4, 0.5) is 12.0 Å². The molecule has 0 bridgehead atoms. The molecule has 6 heteroatoms. The summed E-state index contributed by atoms with van der Waals surface area (Å²) in [7, 11) is 0. The van der Waals surface area contributed by atoms with Gasteiger partial charge in [0.1, 0.15) is 0 Å². The molecule has 1 aromatic heterocycles. The van der Waals surface area contributed by atoms with E-state index in [-0.39, 0.29) is 12.6 Å². The number of rotatable bonds is 3. The molecule has 1 unspecified atom stereocenters. The number of anilines is 2. The third-order valence-corrected chi connectivity index (χ3v) is 2.52. The Morgan fingerprint density at radius 2 is 2.43 bits per heavy atom. The number of aliphatic hydroxyl groups is 1. The summed E-state index contributed by atoms with van der Waals surface area (Å²) in [6.45, 7) is 2.00. The molecule has 1 atom stereocenters. The molecule has 1 aliphatic rings. The lowest BCUT2D eigenvalue weighted by atomic mass is 10.1. The van der Waals surface area contributed by atoms with Gasteiger partial charge < -0.3 is 20.2 Å². The minimum absolute atomic E-state index is 0.102. The van der Waals surface area contributed by atoms with Crippen LogP contribution >= 0.6 is 0 Å². The number of nitrogens with zero attached hydrogens (tertiary/aromatic N) is 3. The Kier molecular flexibility index (Phi) is 2.53. The van der Waals surface area contributed by atoms with Crippen LogP contribution in [-0.2, 0) is 0 Å². The molecule has 6 nitrogen and oxygen atoms in total. The third-order valence-electron chi connectivity index (χ3n) is 2.52. The predicted molar refractivity (Wildman–Crippen MR) is 50.7 cm³/mol. The maximum Gasteiger partial charge on any atom is 0.319 e. The Morgan fingerprint density at radius 1 is 1.57 bits per heavy atom.